The molecule has 1 aromatic rings. The first kappa shape index (κ1) is 10.4. The van der Waals surface area contributed by atoms with Crippen molar-refractivity contribution < 1.29 is 9.53 Å². The second-order valence-corrected chi connectivity index (χ2v) is 4.51. The molecule has 0 N–H and O–H groups in total. The van der Waals surface area contributed by atoms with E-state index in [1.165, 1.54) is 12.8 Å². The molecule has 1 fully saturated rings. The van der Waals surface area contributed by atoms with E-state index in [1.807, 2.05) is 30.5 Å². The van der Waals surface area contributed by atoms with Crippen LogP contribution in [-0.2, 0) is 0 Å². The highest BCUT2D eigenvalue weighted by molar-refractivity contribution is 6.11. The number of carbonyl (C=O) groups excluding carboxylic acids is 1. The maximum absolute atomic E-state index is 12.2. The van der Waals surface area contributed by atoms with E-state index in [9.17, 15) is 4.79 Å². The van der Waals surface area contributed by atoms with Gasteiger partial charge >= 0.3 is 0 Å². The Labute approximate surface area is 101 Å². The third-order valence-electron chi connectivity index (χ3n) is 3.29. The number of nitrogens with zero attached hydrogens (tertiary/aromatic N) is 1. The van der Waals surface area contributed by atoms with Crippen LogP contribution in [0.4, 0.5) is 0 Å². The van der Waals surface area contributed by atoms with Crippen molar-refractivity contribution in [3.8, 4) is 5.75 Å². The van der Waals surface area contributed by atoms with Crippen LogP contribution in [0.1, 0.15) is 23.2 Å². The van der Waals surface area contributed by atoms with Crippen LogP contribution >= 0.6 is 0 Å². The van der Waals surface area contributed by atoms with Gasteiger partial charge in [-0.05, 0) is 25.0 Å². The molecule has 17 heavy (non-hydrogen) atoms. The summed E-state index contributed by atoms with van der Waals surface area (Å²) in [5, 5.41) is 0. The average molecular weight is 229 g/mol. The Hall–Kier alpha value is -1.77. The van der Waals surface area contributed by atoms with Crippen molar-refractivity contribution in [3.05, 3.63) is 41.6 Å². The van der Waals surface area contributed by atoms with E-state index in [-0.39, 0.29) is 5.78 Å². The van der Waals surface area contributed by atoms with E-state index in [0.29, 0.717) is 17.9 Å². The van der Waals surface area contributed by atoms with E-state index >= 15 is 0 Å². The van der Waals surface area contributed by atoms with Gasteiger partial charge < -0.3 is 9.64 Å². The normalized spacial score (nSPS) is 21.5. The van der Waals surface area contributed by atoms with Crippen LogP contribution in [0.25, 0.3) is 0 Å². The second kappa shape index (κ2) is 4.24. The summed E-state index contributed by atoms with van der Waals surface area (Å²) in [7, 11) is 0. The molecular formula is C14H15NO2. The molecule has 88 valence electrons. The summed E-state index contributed by atoms with van der Waals surface area (Å²) in [6.45, 7) is 2.50. The zero-order valence-corrected chi connectivity index (χ0v) is 9.69. The molecule has 2 heterocycles. The zero-order valence-electron chi connectivity index (χ0n) is 9.69. The first-order valence-corrected chi connectivity index (χ1v) is 6.06. The fourth-order valence-corrected chi connectivity index (χ4v) is 2.36. The molecule has 0 aliphatic carbocycles. The third kappa shape index (κ3) is 1.93. The minimum absolute atomic E-state index is 0.110. The summed E-state index contributed by atoms with van der Waals surface area (Å²) in [4.78, 5) is 14.4. The van der Waals surface area contributed by atoms with E-state index in [4.69, 9.17) is 4.74 Å². The zero-order chi connectivity index (χ0) is 11.7. The summed E-state index contributed by atoms with van der Waals surface area (Å²) >= 11 is 0. The molecule has 0 radical (unpaired) electrons. The fourth-order valence-electron chi connectivity index (χ4n) is 2.36. The number of hydrogen-bond acceptors (Lipinski definition) is 3. The standard InChI is InChI=1S/C14H15NO2/c16-14-11(9-15-7-3-4-8-15)10-17-13-6-2-1-5-12(13)14/h1-2,5-6,9H,3-4,7-8,10H2/b11-9+. The highest BCUT2D eigenvalue weighted by Crippen LogP contribution is 2.27. The van der Waals surface area contributed by atoms with Crippen LogP contribution in [-0.4, -0.2) is 30.4 Å². The minimum atomic E-state index is 0.110. The second-order valence-electron chi connectivity index (χ2n) is 4.51. The molecule has 2 aliphatic rings. The fraction of sp³-hybridized carbons (Fsp3) is 0.357. The lowest BCUT2D eigenvalue weighted by Gasteiger charge is -2.21. The van der Waals surface area contributed by atoms with E-state index < -0.39 is 0 Å². The van der Waals surface area contributed by atoms with Crippen molar-refractivity contribution in [1.82, 2.24) is 4.90 Å². The van der Waals surface area contributed by atoms with Crippen molar-refractivity contribution in [2.24, 2.45) is 0 Å². The maximum atomic E-state index is 12.2. The van der Waals surface area contributed by atoms with Crippen LogP contribution in [0.15, 0.2) is 36.0 Å². The third-order valence-corrected chi connectivity index (χ3v) is 3.29. The van der Waals surface area contributed by atoms with Crippen molar-refractivity contribution in [2.75, 3.05) is 19.7 Å². The quantitative estimate of drug-likeness (QED) is 0.692. The Morgan fingerprint density at radius 1 is 1.18 bits per heavy atom. The van der Waals surface area contributed by atoms with Gasteiger partial charge in [-0.15, -0.1) is 0 Å². The molecule has 0 aromatic heterocycles. The number of rotatable bonds is 1. The lowest BCUT2D eigenvalue weighted by atomic mass is 10.0. The highest BCUT2D eigenvalue weighted by atomic mass is 16.5. The molecular weight excluding hydrogens is 214 g/mol. The summed E-state index contributed by atoms with van der Waals surface area (Å²) in [6.07, 6.45) is 4.41. The van der Waals surface area contributed by atoms with E-state index in [1.54, 1.807) is 0 Å². The number of ketones is 1. The van der Waals surface area contributed by atoms with E-state index in [2.05, 4.69) is 4.90 Å². The van der Waals surface area contributed by atoms with Crippen molar-refractivity contribution in [3.63, 3.8) is 0 Å². The number of fused-ring (bicyclic) bond motifs is 1. The predicted octanol–water partition coefficient (Wildman–Crippen LogP) is 2.24. The molecule has 2 aliphatic heterocycles. The molecule has 0 spiro atoms. The average Bonchev–Trinajstić information content (AvgIpc) is 2.86. The van der Waals surface area contributed by atoms with Gasteiger partial charge in [0.1, 0.15) is 12.4 Å². The van der Waals surface area contributed by atoms with Gasteiger partial charge in [-0.2, -0.15) is 0 Å². The van der Waals surface area contributed by atoms with E-state index in [0.717, 1.165) is 18.7 Å². The van der Waals surface area contributed by atoms with Gasteiger partial charge in [0.2, 0.25) is 0 Å². The summed E-state index contributed by atoms with van der Waals surface area (Å²) in [5.74, 6) is 0.815. The Balaban J connectivity index is 1.88. The molecule has 0 saturated carbocycles. The van der Waals surface area contributed by atoms with Gasteiger partial charge in [0.25, 0.3) is 0 Å². The number of ether oxygens (including phenoxy) is 1. The summed E-state index contributed by atoms with van der Waals surface area (Å²) < 4.78 is 5.60. The van der Waals surface area contributed by atoms with Crippen LogP contribution in [0, 0.1) is 0 Å². The topological polar surface area (TPSA) is 29.5 Å². The molecule has 1 aromatic carbocycles. The Morgan fingerprint density at radius 3 is 2.76 bits per heavy atom. The molecule has 3 heteroatoms. The van der Waals surface area contributed by atoms with Gasteiger partial charge in [-0.3, -0.25) is 4.79 Å². The van der Waals surface area contributed by atoms with Crippen LogP contribution in [0.3, 0.4) is 0 Å². The molecule has 3 nitrogen and oxygen atoms in total. The van der Waals surface area contributed by atoms with Crippen LogP contribution < -0.4 is 4.74 Å². The van der Waals surface area contributed by atoms with Gasteiger partial charge in [0.15, 0.2) is 5.78 Å². The SMILES string of the molecule is O=C1/C(=C/N2CCCC2)COc2ccccc21. The van der Waals surface area contributed by atoms with Crippen LogP contribution in [0.5, 0.6) is 5.75 Å². The van der Waals surface area contributed by atoms with Gasteiger partial charge in [0, 0.05) is 19.3 Å². The molecule has 0 amide bonds. The predicted molar refractivity (Wildman–Crippen MR) is 65.2 cm³/mol. The smallest absolute Gasteiger partial charge is 0.197 e. The summed E-state index contributed by atoms with van der Waals surface area (Å²) in [6, 6.07) is 7.44. The Kier molecular flexibility index (Phi) is 2.59. The number of para-hydroxylation sites is 1. The number of Topliss-reactive ketones (excluding diaryl/α,β-unsaturated/α-hetero) is 1. The van der Waals surface area contributed by atoms with Crippen LogP contribution in [0.2, 0.25) is 0 Å². The van der Waals surface area contributed by atoms with Crippen molar-refractivity contribution >= 4 is 5.78 Å². The minimum Gasteiger partial charge on any atom is -0.488 e. The van der Waals surface area contributed by atoms with Gasteiger partial charge in [-0.25, -0.2) is 0 Å². The highest BCUT2D eigenvalue weighted by Gasteiger charge is 2.23. The Morgan fingerprint density at radius 2 is 1.94 bits per heavy atom. The van der Waals surface area contributed by atoms with Crippen molar-refractivity contribution in [1.29, 1.82) is 0 Å². The number of hydrogen-bond donors (Lipinski definition) is 0. The molecule has 0 unspecified atom stereocenters. The lowest BCUT2D eigenvalue weighted by Crippen LogP contribution is -2.22. The van der Waals surface area contributed by atoms with Gasteiger partial charge in [0.05, 0.1) is 11.1 Å². The number of carbonyl (C=O) groups is 1. The Bertz CT molecular complexity index is 473. The largest absolute Gasteiger partial charge is 0.488 e. The number of benzene rings is 1. The maximum Gasteiger partial charge on any atom is 0.197 e. The molecule has 0 atom stereocenters. The van der Waals surface area contributed by atoms with Gasteiger partial charge in [-0.1, -0.05) is 12.1 Å². The first-order chi connectivity index (χ1) is 8.34. The monoisotopic (exact) mass is 229 g/mol. The molecule has 3 rings (SSSR count). The summed E-state index contributed by atoms with van der Waals surface area (Å²) in [5.41, 5.74) is 1.45. The molecule has 0 bridgehead atoms. The molecule has 1 saturated heterocycles. The first-order valence-electron chi connectivity index (χ1n) is 6.06. The lowest BCUT2D eigenvalue weighted by molar-refractivity contribution is 0.0996. The number of likely N-dealkylation sites (tertiary alicyclic amines) is 1. The van der Waals surface area contributed by atoms with Crippen molar-refractivity contribution in [2.45, 2.75) is 12.8 Å².